The summed E-state index contributed by atoms with van der Waals surface area (Å²) in [5.41, 5.74) is 0.507. The SMILES string of the molecule is C=C[C@@](C)(O)CC[C@@H]1C(=C)C[C@H](OC(C)=O)[C@H]2C(C)(C)CCC[C@]12C. The second-order valence-electron chi connectivity index (χ2n) is 9.49. The molecular weight excluding hydrogens is 312 g/mol. The number of esters is 1. The molecule has 2 aliphatic rings. The molecule has 25 heavy (non-hydrogen) atoms. The topological polar surface area (TPSA) is 46.5 Å². The second-order valence-corrected chi connectivity index (χ2v) is 9.49. The Bertz CT molecular complexity index is 545. The van der Waals surface area contributed by atoms with Crippen LogP contribution < -0.4 is 0 Å². The number of ether oxygens (including phenoxy) is 1. The number of rotatable bonds is 5. The molecule has 0 saturated heterocycles. The first kappa shape index (κ1) is 20.2. The molecule has 0 aliphatic heterocycles. The number of hydrogen-bond donors (Lipinski definition) is 1. The fraction of sp³-hybridized carbons (Fsp3) is 0.773. The van der Waals surface area contributed by atoms with E-state index in [1.54, 1.807) is 6.08 Å². The molecule has 3 nitrogen and oxygen atoms in total. The normalized spacial score (nSPS) is 36.9. The van der Waals surface area contributed by atoms with E-state index in [1.807, 2.05) is 6.92 Å². The lowest BCUT2D eigenvalue weighted by Crippen LogP contribution is -2.56. The monoisotopic (exact) mass is 348 g/mol. The molecule has 2 saturated carbocycles. The van der Waals surface area contributed by atoms with E-state index in [2.05, 4.69) is 33.9 Å². The van der Waals surface area contributed by atoms with Crippen molar-refractivity contribution in [2.24, 2.45) is 22.7 Å². The molecular formula is C22H36O3. The van der Waals surface area contributed by atoms with Gasteiger partial charge in [0.2, 0.25) is 0 Å². The predicted octanol–water partition coefficient (Wildman–Crippen LogP) is 5.04. The molecule has 0 unspecified atom stereocenters. The van der Waals surface area contributed by atoms with Gasteiger partial charge in [-0.3, -0.25) is 4.79 Å². The van der Waals surface area contributed by atoms with Crippen LogP contribution in [0.2, 0.25) is 0 Å². The second kappa shape index (κ2) is 6.90. The Balaban J connectivity index is 2.35. The number of hydrogen-bond acceptors (Lipinski definition) is 3. The van der Waals surface area contributed by atoms with Gasteiger partial charge in [-0.25, -0.2) is 0 Å². The van der Waals surface area contributed by atoms with Crippen molar-refractivity contribution in [3.63, 3.8) is 0 Å². The summed E-state index contributed by atoms with van der Waals surface area (Å²) in [6.45, 7) is 18.4. The van der Waals surface area contributed by atoms with E-state index in [0.717, 1.165) is 25.7 Å². The zero-order valence-electron chi connectivity index (χ0n) is 16.7. The van der Waals surface area contributed by atoms with Gasteiger partial charge in [0.05, 0.1) is 5.60 Å². The number of fused-ring (bicyclic) bond motifs is 1. The van der Waals surface area contributed by atoms with Crippen LogP contribution >= 0.6 is 0 Å². The molecule has 2 fully saturated rings. The standard InChI is InChI=1S/C22H36O3/c1-8-21(6,24)13-10-17-15(2)14-18(25-16(3)23)19-20(4,5)11-9-12-22(17,19)7/h8,17-19,24H,1-2,9-14H2,3-7H3/t17-,18+,19+,21-,22-/m1/s1. The molecule has 3 heteroatoms. The lowest BCUT2D eigenvalue weighted by atomic mass is 9.46. The van der Waals surface area contributed by atoms with Gasteiger partial charge in [0, 0.05) is 19.3 Å². The Morgan fingerprint density at radius 3 is 2.60 bits per heavy atom. The molecule has 0 heterocycles. The van der Waals surface area contributed by atoms with Gasteiger partial charge in [0.15, 0.2) is 0 Å². The minimum atomic E-state index is -0.844. The van der Waals surface area contributed by atoms with E-state index in [4.69, 9.17) is 4.74 Å². The minimum absolute atomic E-state index is 0.0500. The highest BCUT2D eigenvalue weighted by Gasteiger charge is 2.57. The highest BCUT2D eigenvalue weighted by atomic mass is 16.5. The Hall–Kier alpha value is -1.09. The highest BCUT2D eigenvalue weighted by Crippen LogP contribution is 2.62. The predicted molar refractivity (Wildman–Crippen MR) is 102 cm³/mol. The number of aliphatic hydroxyl groups is 1. The molecule has 5 atom stereocenters. The van der Waals surface area contributed by atoms with Gasteiger partial charge in [-0.1, -0.05) is 45.4 Å². The van der Waals surface area contributed by atoms with Crippen LogP contribution in [0.3, 0.4) is 0 Å². The summed E-state index contributed by atoms with van der Waals surface area (Å²) in [6, 6.07) is 0. The van der Waals surface area contributed by atoms with Crippen LogP contribution in [0, 0.1) is 22.7 Å². The molecule has 2 rings (SSSR count). The van der Waals surface area contributed by atoms with Gasteiger partial charge in [0.25, 0.3) is 0 Å². The molecule has 0 aromatic carbocycles. The van der Waals surface area contributed by atoms with Crippen LogP contribution in [0.5, 0.6) is 0 Å². The highest BCUT2D eigenvalue weighted by molar-refractivity contribution is 5.66. The third kappa shape index (κ3) is 4.02. The zero-order chi connectivity index (χ0) is 19.0. The zero-order valence-corrected chi connectivity index (χ0v) is 16.7. The Morgan fingerprint density at radius 1 is 1.40 bits per heavy atom. The van der Waals surface area contributed by atoms with Crippen molar-refractivity contribution in [1.29, 1.82) is 0 Å². The summed E-state index contributed by atoms with van der Waals surface area (Å²) in [5.74, 6) is 0.465. The molecule has 0 bridgehead atoms. The fourth-order valence-electron chi connectivity index (χ4n) is 5.83. The van der Waals surface area contributed by atoms with Crippen LogP contribution in [0.1, 0.15) is 73.1 Å². The van der Waals surface area contributed by atoms with Crippen LogP contribution in [-0.4, -0.2) is 22.8 Å². The summed E-state index contributed by atoms with van der Waals surface area (Å²) in [5, 5.41) is 10.4. The smallest absolute Gasteiger partial charge is 0.302 e. The maximum Gasteiger partial charge on any atom is 0.302 e. The van der Waals surface area contributed by atoms with Crippen molar-refractivity contribution in [3.05, 3.63) is 24.8 Å². The van der Waals surface area contributed by atoms with Crippen LogP contribution in [-0.2, 0) is 9.53 Å². The molecule has 0 aromatic heterocycles. The average molecular weight is 349 g/mol. The Morgan fingerprint density at radius 2 is 2.04 bits per heavy atom. The summed E-state index contributed by atoms with van der Waals surface area (Å²) in [7, 11) is 0. The lowest BCUT2D eigenvalue weighted by molar-refractivity contribution is -0.171. The van der Waals surface area contributed by atoms with E-state index in [1.165, 1.54) is 18.9 Å². The van der Waals surface area contributed by atoms with Crippen molar-refractivity contribution < 1.29 is 14.6 Å². The molecule has 142 valence electrons. The quantitative estimate of drug-likeness (QED) is 0.559. The molecule has 0 radical (unpaired) electrons. The van der Waals surface area contributed by atoms with Crippen molar-refractivity contribution in [2.45, 2.75) is 84.8 Å². The third-order valence-electron chi connectivity index (χ3n) is 6.91. The number of carbonyl (C=O) groups is 1. The first-order valence-corrected chi connectivity index (χ1v) is 9.64. The Kier molecular flexibility index (Phi) is 5.59. The van der Waals surface area contributed by atoms with E-state index in [0.29, 0.717) is 18.3 Å². The van der Waals surface area contributed by atoms with Gasteiger partial charge < -0.3 is 9.84 Å². The number of carbonyl (C=O) groups excluding carboxylic acids is 1. The van der Waals surface area contributed by atoms with Crippen LogP contribution in [0.25, 0.3) is 0 Å². The lowest BCUT2D eigenvalue weighted by Gasteiger charge is -2.60. The summed E-state index contributed by atoms with van der Waals surface area (Å²) >= 11 is 0. The van der Waals surface area contributed by atoms with Crippen molar-refractivity contribution in [1.82, 2.24) is 0 Å². The molecule has 1 N–H and O–H groups in total. The first-order chi connectivity index (χ1) is 11.4. The van der Waals surface area contributed by atoms with Crippen molar-refractivity contribution in [2.75, 3.05) is 0 Å². The van der Waals surface area contributed by atoms with Gasteiger partial charge in [0.1, 0.15) is 6.10 Å². The summed E-state index contributed by atoms with van der Waals surface area (Å²) < 4.78 is 5.78. The van der Waals surface area contributed by atoms with E-state index in [-0.39, 0.29) is 22.9 Å². The van der Waals surface area contributed by atoms with Crippen LogP contribution in [0.4, 0.5) is 0 Å². The maximum atomic E-state index is 11.7. The average Bonchev–Trinajstić information content (AvgIpc) is 2.44. The molecule has 2 aliphatic carbocycles. The summed E-state index contributed by atoms with van der Waals surface area (Å²) in [4.78, 5) is 11.7. The minimum Gasteiger partial charge on any atom is -0.462 e. The Labute approximate surface area is 153 Å². The van der Waals surface area contributed by atoms with Crippen molar-refractivity contribution >= 4 is 5.97 Å². The third-order valence-corrected chi connectivity index (χ3v) is 6.91. The van der Waals surface area contributed by atoms with E-state index >= 15 is 0 Å². The van der Waals surface area contributed by atoms with Gasteiger partial charge >= 0.3 is 5.97 Å². The first-order valence-electron chi connectivity index (χ1n) is 9.64. The van der Waals surface area contributed by atoms with Gasteiger partial charge in [-0.05, 0) is 49.4 Å². The maximum absolute atomic E-state index is 11.7. The summed E-state index contributed by atoms with van der Waals surface area (Å²) in [6.07, 6.45) is 7.34. The molecule has 0 aromatic rings. The fourth-order valence-corrected chi connectivity index (χ4v) is 5.83. The van der Waals surface area contributed by atoms with E-state index < -0.39 is 5.60 Å². The molecule has 0 spiro atoms. The van der Waals surface area contributed by atoms with E-state index in [9.17, 15) is 9.90 Å². The van der Waals surface area contributed by atoms with Crippen molar-refractivity contribution in [3.8, 4) is 0 Å². The van der Waals surface area contributed by atoms with Gasteiger partial charge in [-0.2, -0.15) is 0 Å². The van der Waals surface area contributed by atoms with Crippen LogP contribution in [0.15, 0.2) is 24.8 Å². The van der Waals surface area contributed by atoms with Gasteiger partial charge in [-0.15, -0.1) is 6.58 Å². The largest absolute Gasteiger partial charge is 0.462 e. The molecule has 0 amide bonds.